The highest BCUT2D eigenvalue weighted by atomic mass is 16.5. The summed E-state index contributed by atoms with van der Waals surface area (Å²) in [5.74, 6) is 0.252. The molecule has 0 aromatic carbocycles. The number of ether oxygens (including phenoxy) is 1. The van der Waals surface area contributed by atoms with Crippen molar-refractivity contribution in [2.24, 2.45) is 0 Å². The Kier molecular flexibility index (Phi) is 2.49. The van der Waals surface area contributed by atoms with Crippen molar-refractivity contribution < 1.29 is 4.74 Å². The van der Waals surface area contributed by atoms with Gasteiger partial charge in [0.15, 0.2) is 0 Å². The summed E-state index contributed by atoms with van der Waals surface area (Å²) in [6, 6.07) is 1.61. The minimum Gasteiger partial charge on any atom is -0.383 e. The zero-order valence-corrected chi connectivity index (χ0v) is 7.85. The Morgan fingerprint density at radius 2 is 2.43 bits per heavy atom. The predicted octanol–water partition coefficient (Wildman–Crippen LogP) is 0.525. The largest absolute Gasteiger partial charge is 0.383 e. The van der Waals surface area contributed by atoms with E-state index in [9.17, 15) is 4.79 Å². The van der Waals surface area contributed by atoms with Crippen LogP contribution < -0.4 is 11.4 Å². The lowest BCUT2D eigenvalue weighted by atomic mass is 10.2. The standard InChI is InChI=1S/C9H13N3O2/c10-7-4-5-12(9(13)11-7)8-3-1-2-6-14-8/h4-5,8H,1-3,6H2,(H2,10,11,13). The maximum atomic E-state index is 11.4. The molecule has 1 aromatic rings. The van der Waals surface area contributed by atoms with E-state index in [1.54, 1.807) is 12.3 Å². The second kappa shape index (κ2) is 3.79. The molecule has 1 aromatic heterocycles. The molecule has 1 fully saturated rings. The number of hydrogen-bond acceptors (Lipinski definition) is 4. The predicted molar refractivity (Wildman–Crippen MR) is 51.7 cm³/mol. The summed E-state index contributed by atoms with van der Waals surface area (Å²) in [6.07, 6.45) is 4.49. The van der Waals surface area contributed by atoms with Crippen LogP contribution in [0.5, 0.6) is 0 Å². The van der Waals surface area contributed by atoms with Gasteiger partial charge in [0.05, 0.1) is 0 Å². The minimum atomic E-state index is -0.336. The average Bonchev–Trinajstić information content (AvgIpc) is 2.19. The number of aromatic nitrogens is 2. The number of nitrogen functional groups attached to an aromatic ring is 1. The molecule has 76 valence electrons. The molecule has 0 spiro atoms. The van der Waals surface area contributed by atoms with Crippen LogP contribution >= 0.6 is 0 Å². The quantitative estimate of drug-likeness (QED) is 0.709. The van der Waals surface area contributed by atoms with Crippen LogP contribution in [-0.4, -0.2) is 16.2 Å². The summed E-state index contributed by atoms with van der Waals surface area (Å²) in [7, 11) is 0. The summed E-state index contributed by atoms with van der Waals surface area (Å²) in [4.78, 5) is 15.1. The smallest absolute Gasteiger partial charge is 0.351 e. The fourth-order valence-corrected chi connectivity index (χ4v) is 1.59. The van der Waals surface area contributed by atoms with Crippen molar-refractivity contribution in [1.29, 1.82) is 0 Å². The second-order valence-corrected chi connectivity index (χ2v) is 3.36. The monoisotopic (exact) mass is 195 g/mol. The van der Waals surface area contributed by atoms with E-state index in [-0.39, 0.29) is 17.7 Å². The van der Waals surface area contributed by atoms with Crippen molar-refractivity contribution in [2.45, 2.75) is 25.5 Å². The molecule has 0 radical (unpaired) electrons. The number of hydrogen-bond donors (Lipinski definition) is 1. The van der Waals surface area contributed by atoms with Crippen LogP contribution in [0.15, 0.2) is 17.1 Å². The van der Waals surface area contributed by atoms with Crippen LogP contribution in [0.4, 0.5) is 5.82 Å². The fourth-order valence-electron chi connectivity index (χ4n) is 1.59. The van der Waals surface area contributed by atoms with Crippen molar-refractivity contribution in [1.82, 2.24) is 9.55 Å². The molecule has 1 unspecified atom stereocenters. The van der Waals surface area contributed by atoms with Crippen molar-refractivity contribution in [3.63, 3.8) is 0 Å². The molecule has 14 heavy (non-hydrogen) atoms. The van der Waals surface area contributed by atoms with Gasteiger partial charge in [0.25, 0.3) is 0 Å². The number of nitrogens with two attached hydrogens (primary N) is 1. The van der Waals surface area contributed by atoms with Gasteiger partial charge in [-0.15, -0.1) is 0 Å². The molecule has 0 aliphatic carbocycles. The second-order valence-electron chi connectivity index (χ2n) is 3.36. The first-order valence-corrected chi connectivity index (χ1v) is 4.73. The topological polar surface area (TPSA) is 70.1 Å². The lowest BCUT2D eigenvalue weighted by Gasteiger charge is -2.23. The molecule has 2 N–H and O–H groups in total. The molecule has 1 aliphatic heterocycles. The minimum absolute atomic E-state index is 0.163. The Labute approximate surface area is 81.5 Å². The normalized spacial score (nSPS) is 22.1. The first-order chi connectivity index (χ1) is 6.77. The third-order valence-corrected chi connectivity index (χ3v) is 2.32. The van der Waals surface area contributed by atoms with Crippen LogP contribution in [0.3, 0.4) is 0 Å². The van der Waals surface area contributed by atoms with E-state index < -0.39 is 0 Å². The van der Waals surface area contributed by atoms with Gasteiger partial charge in [-0.3, -0.25) is 4.57 Å². The molecule has 5 heteroatoms. The highest BCUT2D eigenvalue weighted by Gasteiger charge is 2.16. The lowest BCUT2D eigenvalue weighted by molar-refractivity contribution is -0.0348. The zero-order chi connectivity index (χ0) is 9.97. The van der Waals surface area contributed by atoms with Crippen molar-refractivity contribution in [3.05, 3.63) is 22.7 Å². The Bertz CT molecular complexity index is 369. The molecule has 1 saturated heterocycles. The summed E-state index contributed by atoms with van der Waals surface area (Å²) < 4.78 is 6.96. The van der Waals surface area contributed by atoms with E-state index in [0.717, 1.165) is 19.3 Å². The fraction of sp³-hybridized carbons (Fsp3) is 0.556. The summed E-state index contributed by atoms with van der Waals surface area (Å²) in [5.41, 5.74) is 5.06. The van der Waals surface area contributed by atoms with Gasteiger partial charge in [-0.25, -0.2) is 4.79 Å². The number of anilines is 1. The average molecular weight is 195 g/mol. The summed E-state index contributed by atoms with van der Waals surface area (Å²) in [5, 5.41) is 0. The third-order valence-electron chi connectivity index (χ3n) is 2.32. The summed E-state index contributed by atoms with van der Waals surface area (Å²) in [6.45, 7) is 0.710. The van der Waals surface area contributed by atoms with Crippen molar-refractivity contribution in [2.75, 3.05) is 12.3 Å². The molecule has 1 aliphatic rings. The van der Waals surface area contributed by atoms with Gasteiger partial charge in [0, 0.05) is 12.8 Å². The highest BCUT2D eigenvalue weighted by molar-refractivity contribution is 5.23. The number of rotatable bonds is 1. The molecule has 2 rings (SSSR count). The Hall–Kier alpha value is -1.36. The first-order valence-electron chi connectivity index (χ1n) is 4.73. The number of nitrogens with zero attached hydrogens (tertiary/aromatic N) is 2. The Balaban J connectivity index is 2.26. The molecule has 0 saturated carbocycles. The van der Waals surface area contributed by atoms with Gasteiger partial charge in [0.2, 0.25) is 0 Å². The van der Waals surface area contributed by atoms with E-state index in [1.807, 2.05) is 0 Å². The molecular formula is C9H13N3O2. The maximum absolute atomic E-state index is 11.4. The van der Waals surface area contributed by atoms with Gasteiger partial charge in [-0.2, -0.15) is 4.98 Å². The van der Waals surface area contributed by atoms with Gasteiger partial charge in [-0.1, -0.05) is 0 Å². The lowest BCUT2D eigenvalue weighted by Crippen LogP contribution is -2.30. The molecule has 2 heterocycles. The van der Waals surface area contributed by atoms with Gasteiger partial charge < -0.3 is 10.5 Å². The Morgan fingerprint density at radius 1 is 1.57 bits per heavy atom. The summed E-state index contributed by atoms with van der Waals surface area (Å²) >= 11 is 0. The van der Waals surface area contributed by atoms with Crippen LogP contribution in [0, 0.1) is 0 Å². The maximum Gasteiger partial charge on any atom is 0.351 e. The molecule has 0 bridgehead atoms. The van der Waals surface area contributed by atoms with Crippen LogP contribution in [0.1, 0.15) is 25.5 Å². The molecule has 0 amide bonds. The molecule has 5 nitrogen and oxygen atoms in total. The van der Waals surface area contributed by atoms with Crippen molar-refractivity contribution in [3.8, 4) is 0 Å². The van der Waals surface area contributed by atoms with E-state index in [4.69, 9.17) is 10.5 Å². The SMILES string of the molecule is Nc1ccn(C2CCCCO2)c(=O)n1. The zero-order valence-electron chi connectivity index (χ0n) is 7.85. The van der Waals surface area contributed by atoms with Gasteiger partial charge in [-0.05, 0) is 25.3 Å². The molecule has 1 atom stereocenters. The van der Waals surface area contributed by atoms with E-state index in [0.29, 0.717) is 6.61 Å². The van der Waals surface area contributed by atoms with Gasteiger partial charge in [0.1, 0.15) is 12.0 Å². The van der Waals surface area contributed by atoms with Crippen LogP contribution in [0.25, 0.3) is 0 Å². The highest BCUT2D eigenvalue weighted by Crippen LogP contribution is 2.20. The first kappa shape index (κ1) is 9.21. The van der Waals surface area contributed by atoms with E-state index >= 15 is 0 Å². The van der Waals surface area contributed by atoms with E-state index in [2.05, 4.69) is 4.98 Å². The van der Waals surface area contributed by atoms with Gasteiger partial charge >= 0.3 is 5.69 Å². The van der Waals surface area contributed by atoms with E-state index in [1.165, 1.54) is 4.57 Å². The third kappa shape index (κ3) is 1.77. The molecular weight excluding hydrogens is 182 g/mol. The van der Waals surface area contributed by atoms with Crippen LogP contribution in [0.2, 0.25) is 0 Å². The Morgan fingerprint density at radius 3 is 3.07 bits per heavy atom. The van der Waals surface area contributed by atoms with Crippen molar-refractivity contribution >= 4 is 5.82 Å². The van der Waals surface area contributed by atoms with Crippen LogP contribution in [-0.2, 0) is 4.74 Å².